The number of carbonyl (C=O) groups is 2. The molecule has 21 heavy (non-hydrogen) atoms. The Labute approximate surface area is 123 Å². The first-order chi connectivity index (χ1) is 10.1. The predicted octanol–water partition coefficient (Wildman–Crippen LogP) is 0.0396. The molecule has 0 bridgehead atoms. The highest BCUT2D eigenvalue weighted by Crippen LogP contribution is 2.19. The first kappa shape index (κ1) is 13.7. The third kappa shape index (κ3) is 2.78. The fraction of sp³-hybridized carbons (Fsp3) is 0.333. The number of aromatic nitrogens is 3. The van der Waals surface area contributed by atoms with Crippen LogP contribution in [0.1, 0.15) is 27.4 Å². The molecule has 9 heteroatoms. The molecule has 0 aliphatic carbocycles. The van der Waals surface area contributed by atoms with Gasteiger partial charge in [-0.05, 0) is 11.4 Å². The van der Waals surface area contributed by atoms with Crippen LogP contribution in [0.4, 0.5) is 0 Å². The normalized spacial score (nSPS) is 16.2. The molecule has 1 atom stereocenters. The van der Waals surface area contributed by atoms with Gasteiger partial charge >= 0.3 is 5.97 Å². The average Bonchev–Trinajstić information content (AvgIpc) is 3.04. The highest BCUT2D eigenvalue weighted by molar-refractivity contribution is 7.10. The average molecular weight is 307 g/mol. The quantitative estimate of drug-likeness (QED) is 0.719. The summed E-state index contributed by atoms with van der Waals surface area (Å²) in [6.45, 7) is 1.58. The summed E-state index contributed by atoms with van der Waals surface area (Å²) < 4.78 is 1.62. The minimum atomic E-state index is -1.11. The van der Waals surface area contributed by atoms with E-state index < -0.39 is 17.9 Å². The minimum absolute atomic E-state index is 0.115. The third-order valence-electron chi connectivity index (χ3n) is 3.23. The van der Waals surface area contributed by atoms with Crippen LogP contribution in [0, 0.1) is 0 Å². The minimum Gasteiger partial charge on any atom is -0.479 e. The van der Waals surface area contributed by atoms with E-state index in [1.165, 1.54) is 17.5 Å². The molecular formula is C12H13N5O3S. The van der Waals surface area contributed by atoms with Crippen LogP contribution in [0.25, 0.3) is 0 Å². The van der Waals surface area contributed by atoms with Crippen LogP contribution < -0.4 is 10.6 Å². The Hall–Kier alpha value is -2.26. The number of hydrogen-bond acceptors (Lipinski definition) is 6. The maximum atomic E-state index is 12.1. The number of thiophene rings is 1. The monoisotopic (exact) mass is 307 g/mol. The number of nitrogens with one attached hydrogen (secondary N) is 2. The molecule has 1 aliphatic rings. The van der Waals surface area contributed by atoms with E-state index in [1.54, 1.807) is 22.2 Å². The summed E-state index contributed by atoms with van der Waals surface area (Å²) >= 11 is 1.27. The number of nitrogens with zero attached hydrogens (tertiary/aromatic N) is 3. The Kier molecular flexibility index (Phi) is 3.67. The van der Waals surface area contributed by atoms with Crippen molar-refractivity contribution in [3.05, 3.63) is 34.3 Å². The van der Waals surface area contributed by atoms with Gasteiger partial charge in [0.15, 0.2) is 11.7 Å². The Morgan fingerprint density at radius 3 is 2.90 bits per heavy atom. The standard InChI is InChI=1S/C12H13N5O3S/c18-11(8-6-17(16-15-8)7-4-13-5-7)14-10(12(19)20)9-2-1-3-21-9/h1-3,6-7,10,13H,4-5H2,(H,14,18)(H,19,20). The highest BCUT2D eigenvalue weighted by Gasteiger charge is 2.26. The van der Waals surface area contributed by atoms with Gasteiger partial charge in [0.25, 0.3) is 5.91 Å². The number of amides is 1. The fourth-order valence-corrected chi connectivity index (χ4v) is 2.70. The van der Waals surface area contributed by atoms with E-state index in [0.717, 1.165) is 13.1 Å². The van der Waals surface area contributed by atoms with Gasteiger partial charge in [0.2, 0.25) is 0 Å². The molecule has 1 saturated heterocycles. The van der Waals surface area contributed by atoms with Gasteiger partial charge in [-0.3, -0.25) is 4.79 Å². The van der Waals surface area contributed by atoms with Crippen molar-refractivity contribution >= 4 is 23.2 Å². The zero-order valence-corrected chi connectivity index (χ0v) is 11.7. The molecule has 0 aromatic carbocycles. The summed E-state index contributed by atoms with van der Waals surface area (Å²) in [6.07, 6.45) is 1.54. The first-order valence-corrected chi connectivity index (χ1v) is 7.22. The Bertz CT molecular complexity index is 650. The molecule has 3 N–H and O–H groups in total. The lowest BCUT2D eigenvalue weighted by Crippen LogP contribution is -2.43. The lowest BCUT2D eigenvalue weighted by molar-refractivity contribution is -0.139. The van der Waals surface area contributed by atoms with Gasteiger partial charge in [0.05, 0.1) is 12.2 Å². The third-order valence-corrected chi connectivity index (χ3v) is 4.16. The van der Waals surface area contributed by atoms with E-state index in [-0.39, 0.29) is 11.7 Å². The smallest absolute Gasteiger partial charge is 0.331 e. The highest BCUT2D eigenvalue weighted by atomic mass is 32.1. The summed E-state index contributed by atoms with van der Waals surface area (Å²) in [5.74, 6) is -1.66. The molecule has 110 valence electrons. The van der Waals surface area contributed by atoms with Gasteiger partial charge in [-0.1, -0.05) is 11.3 Å². The first-order valence-electron chi connectivity index (χ1n) is 6.35. The molecular weight excluding hydrogens is 294 g/mol. The summed E-state index contributed by atoms with van der Waals surface area (Å²) in [7, 11) is 0. The molecule has 0 radical (unpaired) electrons. The molecule has 0 spiro atoms. The van der Waals surface area contributed by atoms with Gasteiger partial charge in [0, 0.05) is 18.0 Å². The van der Waals surface area contributed by atoms with E-state index in [9.17, 15) is 14.7 Å². The Morgan fingerprint density at radius 1 is 1.52 bits per heavy atom. The van der Waals surface area contributed by atoms with Crippen LogP contribution in [0.5, 0.6) is 0 Å². The number of rotatable bonds is 5. The van der Waals surface area contributed by atoms with Crippen molar-refractivity contribution in [2.75, 3.05) is 13.1 Å². The van der Waals surface area contributed by atoms with Gasteiger partial charge in [-0.2, -0.15) is 0 Å². The second kappa shape index (κ2) is 5.62. The molecule has 2 aromatic heterocycles. The van der Waals surface area contributed by atoms with Crippen LogP contribution in [0.15, 0.2) is 23.7 Å². The van der Waals surface area contributed by atoms with E-state index in [0.29, 0.717) is 4.88 Å². The number of aliphatic carboxylic acids is 1. The predicted molar refractivity (Wildman–Crippen MR) is 74.1 cm³/mol. The molecule has 3 rings (SSSR count). The second-order valence-electron chi connectivity index (χ2n) is 4.66. The van der Waals surface area contributed by atoms with Crippen molar-refractivity contribution in [1.82, 2.24) is 25.6 Å². The SMILES string of the molecule is O=C(NC(C(=O)O)c1cccs1)c1cn(C2CNC2)nn1. The maximum absolute atomic E-state index is 12.1. The summed E-state index contributed by atoms with van der Waals surface area (Å²) in [5.41, 5.74) is 0.115. The Morgan fingerprint density at radius 2 is 2.33 bits per heavy atom. The topological polar surface area (TPSA) is 109 Å². The summed E-state index contributed by atoms with van der Waals surface area (Å²) in [4.78, 5) is 23.9. The number of carbonyl (C=O) groups excluding carboxylic acids is 1. The van der Waals surface area contributed by atoms with Crippen LogP contribution in [0.2, 0.25) is 0 Å². The van der Waals surface area contributed by atoms with Crippen molar-refractivity contribution in [2.45, 2.75) is 12.1 Å². The maximum Gasteiger partial charge on any atom is 0.331 e. The molecule has 1 aliphatic heterocycles. The molecule has 1 fully saturated rings. The molecule has 8 nitrogen and oxygen atoms in total. The number of hydrogen-bond donors (Lipinski definition) is 3. The molecule has 3 heterocycles. The van der Waals surface area contributed by atoms with Crippen molar-refractivity contribution in [1.29, 1.82) is 0 Å². The van der Waals surface area contributed by atoms with E-state index >= 15 is 0 Å². The molecule has 0 saturated carbocycles. The van der Waals surface area contributed by atoms with Crippen molar-refractivity contribution in [3.63, 3.8) is 0 Å². The molecule has 2 aromatic rings. The lowest BCUT2D eigenvalue weighted by Gasteiger charge is -2.26. The lowest BCUT2D eigenvalue weighted by atomic mass is 10.2. The van der Waals surface area contributed by atoms with Gasteiger partial charge in [0.1, 0.15) is 0 Å². The van der Waals surface area contributed by atoms with E-state index in [2.05, 4.69) is 20.9 Å². The fourth-order valence-electron chi connectivity index (χ4n) is 1.93. The second-order valence-corrected chi connectivity index (χ2v) is 5.64. The van der Waals surface area contributed by atoms with Gasteiger partial charge < -0.3 is 15.7 Å². The summed E-state index contributed by atoms with van der Waals surface area (Å²) in [6, 6.07) is 2.53. The van der Waals surface area contributed by atoms with Crippen LogP contribution in [-0.4, -0.2) is 45.1 Å². The van der Waals surface area contributed by atoms with Gasteiger partial charge in [-0.25, -0.2) is 9.48 Å². The van der Waals surface area contributed by atoms with E-state index in [1.807, 2.05) is 0 Å². The number of carboxylic acids is 1. The summed E-state index contributed by atoms with van der Waals surface area (Å²) in [5, 5.41) is 24.2. The van der Waals surface area contributed by atoms with Crippen LogP contribution >= 0.6 is 11.3 Å². The number of carboxylic acid groups (broad SMARTS) is 1. The molecule has 1 amide bonds. The zero-order chi connectivity index (χ0) is 14.8. The van der Waals surface area contributed by atoms with Crippen molar-refractivity contribution in [2.24, 2.45) is 0 Å². The zero-order valence-electron chi connectivity index (χ0n) is 10.9. The van der Waals surface area contributed by atoms with Crippen molar-refractivity contribution in [3.8, 4) is 0 Å². The largest absolute Gasteiger partial charge is 0.479 e. The van der Waals surface area contributed by atoms with Crippen molar-refractivity contribution < 1.29 is 14.7 Å². The molecule has 1 unspecified atom stereocenters. The van der Waals surface area contributed by atoms with Crippen LogP contribution in [-0.2, 0) is 4.79 Å². The van der Waals surface area contributed by atoms with E-state index in [4.69, 9.17) is 0 Å². The van der Waals surface area contributed by atoms with Gasteiger partial charge in [-0.15, -0.1) is 16.4 Å². The van der Waals surface area contributed by atoms with Crippen LogP contribution in [0.3, 0.4) is 0 Å². The Balaban J connectivity index is 1.72.